The Labute approximate surface area is 109 Å². The van der Waals surface area contributed by atoms with E-state index in [9.17, 15) is 9.59 Å². The Bertz CT molecular complexity index is 256. The van der Waals surface area contributed by atoms with Crippen molar-refractivity contribution in [2.24, 2.45) is 0 Å². The van der Waals surface area contributed by atoms with Crippen LogP contribution in [0.3, 0.4) is 0 Å². The highest BCUT2D eigenvalue weighted by Crippen LogP contribution is 2.02. The summed E-state index contributed by atoms with van der Waals surface area (Å²) in [4.78, 5) is 24.3. The lowest BCUT2D eigenvalue weighted by molar-refractivity contribution is -0.141. The van der Waals surface area contributed by atoms with Gasteiger partial charge < -0.3 is 14.8 Å². The second-order valence-corrected chi connectivity index (χ2v) is 4.23. The quantitative estimate of drug-likeness (QED) is 0.405. The normalized spacial score (nSPS) is 12.1. The number of carbonyl (C=O) groups is 2. The van der Waals surface area contributed by atoms with Crippen LogP contribution in [0.25, 0.3) is 0 Å². The first-order valence-corrected chi connectivity index (χ1v) is 6.17. The second-order valence-electron chi connectivity index (χ2n) is 4.23. The summed E-state index contributed by atoms with van der Waals surface area (Å²) in [6.45, 7) is 2.44. The Morgan fingerprint density at radius 2 is 2.00 bits per heavy atom. The summed E-state index contributed by atoms with van der Waals surface area (Å²) in [5.74, 6) is -0.289. The molecule has 0 radical (unpaired) electrons. The Morgan fingerprint density at radius 1 is 1.33 bits per heavy atom. The van der Waals surface area contributed by atoms with Crippen LogP contribution in [0.5, 0.6) is 0 Å². The lowest BCUT2D eigenvalue weighted by atomic mass is 10.2. The van der Waals surface area contributed by atoms with Crippen molar-refractivity contribution in [3.63, 3.8) is 0 Å². The topological polar surface area (TPSA) is 67.9 Å². The summed E-state index contributed by atoms with van der Waals surface area (Å²) in [6.07, 6.45) is 1.89. The Hall–Kier alpha value is -1.30. The van der Waals surface area contributed by atoms with E-state index in [-0.39, 0.29) is 18.6 Å². The van der Waals surface area contributed by atoms with Crippen LogP contribution in [0.4, 0.5) is 4.79 Å². The molecule has 0 aliphatic heterocycles. The van der Waals surface area contributed by atoms with Gasteiger partial charge in [-0.1, -0.05) is 13.3 Å². The van der Waals surface area contributed by atoms with E-state index in [0.29, 0.717) is 13.0 Å². The summed E-state index contributed by atoms with van der Waals surface area (Å²) in [5, 5.41) is 2.71. The molecule has 0 aromatic rings. The molecule has 1 atom stereocenters. The number of alkyl carbamates (subject to hydrolysis) is 1. The first-order valence-electron chi connectivity index (χ1n) is 6.17. The van der Waals surface area contributed by atoms with E-state index < -0.39 is 6.09 Å². The van der Waals surface area contributed by atoms with E-state index in [1.165, 1.54) is 7.11 Å². The molecule has 0 rings (SSSR count). The molecule has 0 aliphatic carbocycles. The summed E-state index contributed by atoms with van der Waals surface area (Å²) in [7, 11) is 5.00. The fraction of sp³-hybridized carbons (Fsp3) is 0.833. The molecule has 0 heterocycles. The van der Waals surface area contributed by atoms with E-state index >= 15 is 0 Å². The van der Waals surface area contributed by atoms with E-state index in [1.807, 2.05) is 25.9 Å². The predicted molar refractivity (Wildman–Crippen MR) is 68.1 cm³/mol. The van der Waals surface area contributed by atoms with Gasteiger partial charge in [-0.05, 0) is 26.9 Å². The fourth-order valence-electron chi connectivity index (χ4n) is 1.30. The maximum atomic E-state index is 11.5. The number of hydrogen-bond acceptors (Lipinski definition) is 5. The molecular formula is C12H24N2O4. The third-order valence-corrected chi connectivity index (χ3v) is 2.49. The number of nitrogens with zero attached hydrogens (tertiary/aromatic N) is 1. The van der Waals surface area contributed by atoms with Gasteiger partial charge in [0.2, 0.25) is 0 Å². The molecule has 6 nitrogen and oxygen atoms in total. The third kappa shape index (κ3) is 7.89. The van der Waals surface area contributed by atoms with E-state index in [2.05, 4.69) is 10.1 Å². The number of unbranched alkanes of at least 4 members (excludes halogenated alkanes) is 1. The smallest absolute Gasteiger partial charge is 0.408 e. The molecule has 1 amide bonds. The number of nitrogens with one attached hydrogen (secondary N) is 1. The third-order valence-electron chi connectivity index (χ3n) is 2.49. The van der Waals surface area contributed by atoms with E-state index in [1.54, 1.807) is 0 Å². The molecule has 0 bridgehead atoms. The number of methoxy groups -OCH3 is 1. The zero-order valence-electron chi connectivity index (χ0n) is 11.7. The van der Waals surface area contributed by atoms with Crippen LogP contribution in [0.1, 0.15) is 32.6 Å². The van der Waals surface area contributed by atoms with E-state index in [4.69, 9.17) is 4.74 Å². The zero-order valence-corrected chi connectivity index (χ0v) is 11.7. The molecule has 1 N–H and O–H groups in total. The molecule has 0 aromatic carbocycles. The maximum absolute atomic E-state index is 11.5. The lowest BCUT2D eigenvalue weighted by Crippen LogP contribution is -2.45. The van der Waals surface area contributed by atoms with Crippen molar-refractivity contribution in [2.45, 2.75) is 38.8 Å². The van der Waals surface area contributed by atoms with Crippen molar-refractivity contribution in [1.82, 2.24) is 10.2 Å². The Morgan fingerprint density at radius 3 is 2.50 bits per heavy atom. The minimum atomic E-state index is -0.452. The van der Waals surface area contributed by atoms with E-state index in [0.717, 1.165) is 12.8 Å². The standard InChI is InChI=1S/C12H24N2O4/c1-5-6-9-18-12(16)13-10(14(2)3)7-8-11(15)17-4/h10H,5-9H2,1-4H3,(H,13,16). The largest absolute Gasteiger partial charge is 0.469 e. The van der Waals surface area contributed by atoms with Crippen LogP contribution in [0.2, 0.25) is 0 Å². The predicted octanol–water partition coefficient (Wildman–Crippen LogP) is 1.35. The SMILES string of the molecule is CCCCOC(=O)NC(CCC(=O)OC)N(C)C. The number of carbonyl (C=O) groups excluding carboxylic acids is 2. The second kappa shape index (κ2) is 9.70. The van der Waals surface area contributed by atoms with Crippen LogP contribution in [-0.4, -0.2) is 50.9 Å². The minimum absolute atomic E-state index is 0.238. The summed E-state index contributed by atoms with van der Waals surface area (Å²) < 4.78 is 9.57. The molecule has 18 heavy (non-hydrogen) atoms. The molecule has 1 unspecified atom stereocenters. The lowest BCUT2D eigenvalue weighted by Gasteiger charge is -2.24. The average Bonchev–Trinajstić information content (AvgIpc) is 2.33. The van der Waals surface area contributed by atoms with Gasteiger partial charge in [0, 0.05) is 6.42 Å². The molecule has 0 aliphatic rings. The molecule has 6 heteroatoms. The van der Waals surface area contributed by atoms with Crippen molar-refractivity contribution < 1.29 is 19.1 Å². The highest BCUT2D eigenvalue weighted by Gasteiger charge is 2.16. The van der Waals surface area contributed by atoms with Gasteiger partial charge in [0.05, 0.1) is 19.9 Å². The Balaban J connectivity index is 4.02. The zero-order chi connectivity index (χ0) is 14.0. The molecule has 0 spiro atoms. The monoisotopic (exact) mass is 260 g/mol. The van der Waals surface area contributed by atoms with Gasteiger partial charge in [0.1, 0.15) is 0 Å². The molecule has 0 fully saturated rings. The van der Waals surface area contributed by atoms with Gasteiger partial charge >= 0.3 is 12.1 Å². The van der Waals surface area contributed by atoms with Gasteiger partial charge in [-0.3, -0.25) is 9.69 Å². The summed E-state index contributed by atoms with van der Waals surface area (Å²) >= 11 is 0. The molecule has 0 aromatic heterocycles. The van der Waals surface area contributed by atoms with Gasteiger partial charge in [0.25, 0.3) is 0 Å². The van der Waals surface area contributed by atoms with Gasteiger partial charge in [-0.25, -0.2) is 4.79 Å². The number of ether oxygens (including phenoxy) is 2. The van der Waals surface area contributed by atoms with Crippen LogP contribution in [-0.2, 0) is 14.3 Å². The Kier molecular flexibility index (Phi) is 9.00. The van der Waals surface area contributed by atoms with Crippen LogP contribution < -0.4 is 5.32 Å². The van der Waals surface area contributed by atoms with Crippen molar-refractivity contribution in [3.05, 3.63) is 0 Å². The van der Waals surface area contributed by atoms with Crippen LogP contribution in [0, 0.1) is 0 Å². The molecule has 106 valence electrons. The molecular weight excluding hydrogens is 236 g/mol. The van der Waals surface area contributed by atoms with Crippen molar-refractivity contribution in [1.29, 1.82) is 0 Å². The highest BCUT2D eigenvalue weighted by molar-refractivity contribution is 5.70. The number of esters is 1. The fourth-order valence-corrected chi connectivity index (χ4v) is 1.30. The van der Waals surface area contributed by atoms with Gasteiger partial charge in [-0.15, -0.1) is 0 Å². The first-order chi connectivity index (χ1) is 8.51. The minimum Gasteiger partial charge on any atom is -0.469 e. The van der Waals surface area contributed by atoms with Gasteiger partial charge in [0.15, 0.2) is 0 Å². The number of hydrogen-bond donors (Lipinski definition) is 1. The average molecular weight is 260 g/mol. The summed E-state index contributed by atoms with van der Waals surface area (Å²) in [6, 6.07) is 0. The van der Waals surface area contributed by atoms with Crippen LogP contribution >= 0.6 is 0 Å². The van der Waals surface area contributed by atoms with Gasteiger partial charge in [-0.2, -0.15) is 0 Å². The summed E-state index contributed by atoms with van der Waals surface area (Å²) in [5.41, 5.74) is 0. The number of rotatable bonds is 8. The van der Waals surface area contributed by atoms with Crippen molar-refractivity contribution in [2.75, 3.05) is 27.8 Å². The molecule has 0 saturated heterocycles. The number of amides is 1. The van der Waals surface area contributed by atoms with Crippen LogP contribution in [0.15, 0.2) is 0 Å². The highest BCUT2D eigenvalue weighted by atomic mass is 16.5. The van der Waals surface area contributed by atoms with Crippen molar-refractivity contribution in [3.8, 4) is 0 Å². The van der Waals surface area contributed by atoms with Crippen molar-refractivity contribution >= 4 is 12.1 Å². The first kappa shape index (κ1) is 16.7. The molecule has 0 saturated carbocycles. The maximum Gasteiger partial charge on any atom is 0.408 e.